The molecule has 1 aliphatic carbocycles. The highest BCUT2D eigenvalue weighted by atomic mass is 16.5. The number of rotatable bonds is 6. The molecule has 0 saturated heterocycles. The largest absolute Gasteiger partial charge is 0.467 e. The summed E-state index contributed by atoms with van der Waals surface area (Å²) < 4.78 is 10.5. The van der Waals surface area contributed by atoms with E-state index in [0.29, 0.717) is 6.61 Å². The fourth-order valence-corrected chi connectivity index (χ4v) is 1.19. The molecule has 0 unspecified atom stereocenters. The van der Waals surface area contributed by atoms with Crippen molar-refractivity contribution in [2.75, 3.05) is 13.2 Å². The van der Waals surface area contributed by atoms with Crippen LogP contribution in [-0.4, -0.2) is 19.2 Å². The fraction of sp³-hybridized carbons (Fsp3) is 0.600. The van der Waals surface area contributed by atoms with Crippen LogP contribution < -0.4 is 5.32 Å². The maximum Gasteiger partial charge on any atom is 0.129 e. The molecule has 0 aromatic carbocycles. The molecule has 3 heteroatoms. The molecule has 1 aromatic heterocycles. The van der Waals surface area contributed by atoms with E-state index in [2.05, 4.69) is 5.32 Å². The van der Waals surface area contributed by atoms with Crippen LogP contribution >= 0.6 is 0 Å². The van der Waals surface area contributed by atoms with Crippen LogP contribution in [0.3, 0.4) is 0 Å². The third-order valence-electron chi connectivity index (χ3n) is 2.08. The first-order valence-corrected chi connectivity index (χ1v) is 4.78. The summed E-state index contributed by atoms with van der Waals surface area (Å²) in [6, 6.07) is 4.57. The van der Waals surface area contributed by atoms with Crippen LogP contribution in [0.15, 0.2) is 22.8 Å². The molecule has 13 heavy (non-hydrogen) atoms. The van der Waals surface area contributed by atoms with Gasteiger partial charge in [0.15, 0.2) is 0 Å². The van der Waals surface area contributed by atoms with Gasteiger partial charge in [0.2, 0.25) is 0 Å². The van der Waals surface area contributed by atoms with Crippen molar-refractivity contribution in [3.63, 3.8) is 0 Å². The molecular weight excluding hydrogens is 166 g/mol. The molecule has 0 atom stereocenters. The second kappa shape index (κ2) is 4.44. The van der Waals surface area contributed by atoms with Crippen molar-refractivity contribution in [3.05, 3.63) is 24.2 Å². The molecule has 2 rings (SSSR count). The summed E-state index contributed by atoms with van der Waals surface area (Å²) in [6.45, 7) is 2.29. The summed E-state index contributed by atoms with van der Waals surface area (Å²) in [5.41, 5.74) is 0. The van der Waals surface area contributed by atoms with Gasteiger partial charge in [-0.3, -0.25) is 0 Å². The van der Waals surface area contributed by atoms with Gasteiger partial charge in [0.05, 0.1) is 12.9 Å². The predicted octanol–water partition coefficient (Wildman–Crippen LogP) is 1.55. The highest BCUT2D eigenvalue weighted by Gasteiger charge is 2.19. The zero-order valence-corrected chi connectivity index (χ0v) is 7.66. The molecule has 0 amide bonds. The van der Waals surface area contributed by atoms with E-state index in [4.69, 9.17) is 9.15 Å². The van der Waals surface area contributed by atoms with Gasteiger partial charge in [-0.15, -0.1) is 0 Å². The van der Waals surface area contributed by atoms with Crippen LogP contribution in [0.1, 0.15) is 18.6 Å². The number of furan rings is 1. The molecule has 0 radical (unpaired) electrons. The predicted molar refractivity (Wildman–Crippen MR) is 49.4 cm³/mol. The second-order valence-corrected chi connectivity index (χ2v) is 3.36. The molecule has 1 aromatic rings. The molecule has 0 spiro atoms. The molecule has 1 aliphatic rings. The molecule has 1 saturated carbocycles. The van der Waals surface area contributed by atoms with Gasteiger partial charge in [0.1, 0.15) is 12.4 Å². The first kappa shape index (κ1) is 8.78. The van der Waals surface area contributed by atoms with Gasteiger partial charge >= 0.3 is 0 Å². The van der Waals surface area contributed by atoms with E-state index in [1.807, 2.05) is 12.1 Å². The summed E-state index contributed by atoms with van der Waals surface area (Å²) in [6.07, 6.45) is 4.33. The standard InChI is InChI=1S/C10H15NO2/c1-2-10(13-6-1)8-12-7-5-11-9-3-4-9/h1-2,6,9,11H,3-5,7-8H2. The Labute approximate surface area is 78.1 Å². The van der Waals surface area contributed by atoms with E-state index in [9.17, 15) is 0 Å². The van der Waals surface area contributed by atoms with Crippen LogP contribution in [0.25, 0.3) is 0 Å². The lowest BCUT2D eigenvalue weighted by molar-refractivity contribution is 0.108. The van der Waals surface area contributed by atoms with Gasteiger partial charge in [-0.05, 0) is 25.0 Å². The average molecular weight is 181 g/mol. The van der Waals surface area contributed by atoms with Crippen LogP contribution in [0, 0.1) is 0 Å². The topological polar surface area (TPSA) is 34.4 Å². The highest BCUT2D eigenvalue weighted by molar-refractivity contribution is 4.96. The average Bonchev–Trinajstić information content (AvgIpc) is 2.81. The van der Waals surface area contributed by atoms with E-state index in [-0.39, 0.29) is 0 Å². The molecule has 0 bridgehead atoms. The van der Waals surface area contributed by atoms with Gasteiger partial charge in [-0.2, -0.15) is 0 Å². The third kappa shape index (κ3) is 3.20. The zero-order chi connectivity index (χ0) is 8.93. The number of nitrogens with one attached hydrogen (secondary N) is 1. The van der Waals surface area contributed by atoms with Gasteiger partial charge in [0, 0.05) is 12.6 Å². The summed E-state index contributed by atoms with van der Waals surface area (Å²) >= 11 is 0. The lowest BCUT2D eigenvalue weighted by Crippen LogP contribution is -2.21. The first-order valence-electron chi connectivity index (χ1n) is 4.78. The number of ether oxygens (including phenoxy) is 1. The van der Waals surface area contributed by atoms with Gasteiger partial charge in [-0.25, -0.2) is 0 Å². The molecule has 1 fully saturated rings. The van der Waals surface area contributed by atoms with Crippen LogP contribution in [0.4, 0.5) is 0 Å². The third-order valence-corrected chi connectivity index (χ3v) is 2.08. The monoisotopic (exact) mass is 181 g/mol. The van der Waals surface area contributed by atoms with Crippen molar-refractivity contribution >= 4 is 0 Å². The normalized spacial score (nSPS) is 16.3. The minimum absolute atomic E-state index is 0.583. The summed E-state index contributed by atoms with van der Waals surface area (Å²) in [5.74, 6) is 0.895. The van der Waals surface area contributed by atoms with Crippen molar-refractivity contribution in [3.8, 4) is 0 Å². The van der Waals surface area contributed by atoms with E-state index >= 15 is 0 Å². The summed E-state index contributed by atoms with van der Waals surface area (Å²) in [4.78, 5) is 0. The van der Waals surface area contributed by atoms with E-state index in [1.54, 1.807) is 6.26 Å². The first-order chi connectivity index (χ1) is 6.45. The summed E-state index contributed by atoms with van der Waals surface area (Å²) in [7, 11) is 0. The molecule has 1 N–H and O–H groups in total. The Morgan fingerprint density at radius 2 is 2.46 bits per heavy atom. The smallest absolute Gasteiger partial charge is 0.129 e. The minimum atomic E-state index is 0.583. The van der Waals surface area contributed by atoms with E-state index in [1.165, 1.54) is 12.8 Å². The molecular formula is C10H15NO2. The van der Waals surface area contributed by atoms with Crippen LogP contribution in [0.5, 0.6) is 0 Å². The minimum Gasteiger partial charge on any atom is -0.467 e. The van der Waals surface area contributed by atoms with Crippen molar-refractivity contribution < 1.29 is 9.15 Å². The number of hydrogen-bond donors (Lipinski definition) is 1. The Morgan fingerprint density at radius 3 is 3.15 bits per heavy atom. The molecule has 72 valence electrons. The van der Waals surface area contributed by atoms with E-state index < -0.39 is 0 Å². The maximum atomic E-state index is 5.40. The Morgan fingerprint density at radius 1 is 1.54 bits per heavy atom. The van der Waals surface area contributed by atoms with E-state index in [0.717, 1.165) is 25.0 Å². The quantitative estimate of drug-likeness (QED) is 0.676. The lowest BCUT2D eigenvalue weighted by Gasteiger charge is -2.02. The lowest BCUT2D eigenvalue weighted by atomic mass is 10.5. The Bertz CT molecular complexity index is 229. The maximum absolute atomic E-state index is 5.40. The molecule has 0 aliphatic heterocycles. The van der Waals surface area contributed by atoms with Gasteiger partial charge in [-0.1, -0.05) is 0 Å². The van der Waals surface area contributed by atoms with Gasteiger partial charge in [0.25, 0.3) is 0 Å². The van der Waals surface area contributed by atoms with Crippen molar-refractivity contribution in [2.24, 2.45) is 0 Å². The molecule has 3 nitrogen and oxygen atoms in total. The Hall–Kier alpha value is -0.800. The Balaban J connectivity index is 1.48. The molecule has 1 heterocycles. The SMILES string of the molecule is c1coc(COCCNC2CC2)c1. The van der Waals surface area contributed by atoms with Crippen LogP contribution in [-0.2, 0) is 11.3 Å². The Kier molecular flexibility index (Phi) is 3.00. The fourth-order valence-electron chi connectivity index (χ4n) is 1.19. The second-order valence-electron chi connectivity index (χ2n) is 3.36. The highest BCUT2D eigenvalue weighted by Crippen LogP contribution is 2.17. The van der Waals surface area contributed by atoms with Gasteiger partial charge < -0.3 is 14.5 Å². The van der Waals surface area contributed by atoms with Crippen molar-refractivity contribution in [2.45, 2.75) is 25.5 Å². The van der Waals surface area contributed by atoms with Crippen molar-refractivity contribution in [1.82, 2.24) is 5.32 Å². The number of hydrogen-bond acceptors (Lipinski definition) is 3. The van der Waals surface area contributed by atoms with Crippen molar-refractivity contribution in [1.29, 1.82) is 0 Å². The summed E-state index contributed by atoms with van der Waals surface area (Å²) in [5, 5.41) is 3.38. The van der Waals surface area contributed by atoms with Crippen LogP contribution in [0.2, 0.25) is 0 Å². The zero-order valence-electron chi connectivity index (χ0n) is 7.66.